The van der Waals surface area contributed by atoms with Gasteiger partial charge in [-0.15, -0.1) is 0 Å². The molecule has 1 aromatic carbocycles. The maximum Gasteiger partial charge on any atom is 0.228 e. The Balaban J connectivity index is 1.57. The molecule has 0 saturated carbocycles. The lowest BCUT2D eigenvalue weighted by atomic mass is 10.1. The number of aryl methyl sites for hydroxylation is 2. The number of nitrogens with zero attached hydrogens (tertiary/aromatic N) is 6. The monoisotopic (exact) mass is 466 g/mol. The molecule has 4 aromatic rings. The Morgan fingerprint density at radius 1 is 1.15 bits per heavy atom. The number of hydrogen-bond donors (Lipinski definition) is 0. The molecule has 0 N–H and O–H groups in total. The normalized spacial score (nSPS) is 16.4. The van der Waals surface area contributed by atoms with E-state index in [2.05, 4.69) is 10.1 Å². The molecule has 1 unspecified atom stereocenters. The molecule has 0 radical (unpaired) electrons. The Morgan fingerprint density at radius 3 is 2.79 bits per heavy atom. The van der Waals surface area contributed by atoms with Gasteiger partial charge in [0, 0.05) is 48.1 Å². The van der Waals surface area contributed by atoms with E-state index >= 15 is 0 Å². The Morgan fingerprint density at radius 2 is 2.00 bits per heavy atom. The van der Waals surface area contributed by atoms with Crippen LogP contribution in [0.1, 0.15) is 22.9 Å². The summed E-state index contributed by atoms with van der Waals surface area (Å²) in [4.78, 5) is 16.1. The molecule has 1 aliphatic rings. The third-order valence-electron chi connectivity index (χ3n) is 5.94. The topological polar surface area (TPSA) is 78.2 Å². The van der Waals surface area contributed by atoms with Gasteiger partial charge in [0.25, 0.3) is 0 Å². The zero-order chi connectivity index (χ0) is 23.8. The first kappa shape index (κ1) is 22.3. The van der Waals surface area contributed by atoms with Gasteiger partial charge in [0.15, 0.2) is 5.65 Å². The van der Waals surface area contributed by atoms with Crippen LogP contribution in [0.4, 0.5) is 14.7 Å². The van der Waals surface area contributed by atoms with Crippen molar-refractivity contribution in [3.63, 3.8) is 0 Å². The zero-order valence-electron chi connectivity index (χ0n) is 19.1. The summed E-state index contributed by atoms with van der Waals surface area (Å²) in [7, 11) is 1.61. The van der Waals surface area contributed by atoms with Gasteiger partial charge in [0.2, 0.25) is 5.95 Å². The molecule has 0 amide bonds. The summed E-state index contributed by atoms with van der Waals surface area (Å²) < 4.78 is 41.2. The van der Waals surface area contributed by atoms with Crippen LogP contribution in [0.25, 0.3) is 22.3 Å². The highest BCUT2D eigenvalue weighted by atomic mass is 19.1. The van der Waals surface area contributed by atoms with Crippen molar-refractivity contribution in [2.75, 3.05) is 31.7 Å². The Hall–Kier alpha value is -3.50. The number of halogens is 2. The second-order valence-corrected chi connectivity index (χ2v) is 8.29. The minimum Gasteiger partial charge on any atom is -0.370 e. The molecule has 8 nitrogen and oxygen atoms in total. The highest BCUT2D eigenvalue weighted by molar-refractivity contribution is 5.92. The van der Waals surface area contributed by atoms with Gasteiger partial charge in [-0.25, -0.2) is 23.4 Å². The number of benzene rings is 1. The molecule has 176 valence electrons. The van der Waals surface area contributed by atoms with Crippen LogP contribution < -0.4 is 4.90 Å². The second kappa shape index (κ2) is 9.03. The number of pyridine rings is 1. The van der Waals surface area contributed by atoms with Crippen LogP contribution in [0.2, 0.25) is 0 Å². The molecule has 0 aliphatic carbocycles. The minimum absolute atomic E-state index is 0.200. The van der Waals surface area contributed by atoms with Crippen LogP contribution in [0, 0.1) is 25.5 Å². The first-order chi connectivity index (χ1) is 16.4. The lowest BCUT2D eigenvalue weighted by Gasteiger charge is -2.32. The third-order valence-corrected chi connectivity index (χ3v) is 5.94. The first-order valence-electron chi connectivity index (χ1n) is 10.9. The van der Waals surface area contributed by atoms with Crippen LogP contribution in [0.5, 0.6) is 0 Å². The zero-order valence-corrected chi connectivity index (χ0v) is 19.1. The van der Waals surface area contributed by atoms with Gasteiger partial charge in [-0.3, -0.25) is 0 Å². The molecule has 5 rings (SSSR count). The van der Waals surface area contributed by atoms with Crippen molar-refractivity contribution < 1.29 is 18.3 Å². The van der Waals surface area contributed by atoms with E-state index in [1.807, 2.05) is 31.0 Å². The van der Waals surface area contributed by atoms with Crippen molar-refractivity contribution in [1.29, 1.82) is 0 Å². The number of methoxy groups -OCH3 is 1. The van der Waals surface area contributed by atoms with Crippen LogP contribution in [0.15, 0.2) is 36.7 Å². The molecule has 0 bridgehead atoms. The molecule has 1 saturated heterocycles. The van der Waals surface area contributed by atoms with Gasteiger partial charge in [0.05, 0.1) is 25.0 Å². The van der Waals surface area contributed by atoms with Crippen molar-refractivity contribution in [1.82, 2.24) is 24.7 Å². The predicted molar refractivity (Wildman–Crippen MR) is 122 cm³/mol. The highest BCUT2D eigenvalue weighted by Crippen LogP contribution is 2.32. The number of ether oxygens (including phenoxy) is 2. The fraction of sp³-hybridized carbons (Fsp3) is 0.333. The van der Waals surface area contributed by atoms with Crippen molar-refractivity contribution in [3.8, 4) is 11.3 Å². The summed E-state index contributed by atoms with van der Waals surface area (Å²) in [6.07, 6.45) is 3.39. The molecule has 3 aromatic heterocycles. The number of aromatic nitrogens is 5. The van der Waals surface area contributed by atoms with Gasteiger partial charge < -0.3 is 14.4 Å². The molecule has 1 atom stereocenters. The Kier molecular flexibility index (Phi) is 5.93. The summed E-state index contributed by atoms with van der Waals surface area (Å²) in [6, 6.07) is 5.38. The Bertz CT molecular complexity index is 1360. The Labute approximate surface area is 195 Å². The van der Waals surface area contributed by atoms with Crippen molar-refractivity contribution in [3.05, 3.63) is 65.1 Å². The number of morpholine rings is 1. The van der Waals surface area contributed by atoms with Gasteiger partial charge >= 0.3 is 0 Å². The first-order valence-corrected chi connectivity index (χ1v) is 10.9. The number of anilines is 1. The van der Waals surface area contributed by atoms with Crippen molar-refractivity contribution in [2.45, 2.75) is 26.7 Å². The molecule has 1 aliphatic heterocycles. The fourth-order valence-electron chi connectivity index (χ4n) is 4.04. The largest absolute Gasteiger partial charge is 0.370 e. The summed E-state index contributed by atoms with van der Waals surface area (Å²) in [6.45, 7) is 5.68. The fourth-order valence-corrected chi connectivity index (χ4v) is 4.04. The molecular formula is C24H24F2N6O2. The maximum absolute atomic E-state index is 14.8. The second-order valence-electron chi connectivity index (χ2n) is 8.29. The summed E-state index contributed by atoms with van der Waals surface area (Å²) in [5.41, 5.74) is 3.72. The predicted octanol–water partition coefficient (Wildman–Crippen LogP) is 3.97. The quantitative estimate of drug-likeness (QED) is 0.441. The van der Waals surface area contributed by atoms with E-state index in [1.54, 1.807) is 18.0 Å². The number of fused-ring (bicyclic) bond motifs is 1. The SMILES string of the molecule is COCn1cc(C2CN(c3nc(-c4ccc(F)cc4F)c4cc(C)c(C)nc4n3)CCO2)cn1. The van der Waals surface area contributed by atoms with Crippen molar-refractivity contribution in [2.24, 2.45) is 0 Å². The smallest absolute Gasteiger partial charge is 0.228 e. The third kappa shape index (κ3) is 4.22. The average molecular weight is 466 g/mol. The average Bonchev–Trinajstić information content (AvgIpc) is 3.29. The van der Waals surface area contributed by atoms with Crippen LogP contribution in [-0.2, 0) is 16.2 Å². The lowest BCUT2D eigenvalue weighted by molar-refractivity contribution is 0.0390. The molecular weight excluding hydrogens is 442 g/mol. The number of hydrogen-bond acceptors (Lipinski definition) is 7. The standard InChI is InChI=1S/C24H24F2N6O2/c1-14-8-19-22(18-5-4-17(25)9-20(18)26)29-24(30-23(19)28-15(14)2)31-6-7-34-21(12-31)16-10-27-32(11-16)13-33-3/h4-5,8-11,21H,6-7,12-13H2,1-3H3. The summed E-state index contributed by atoms with van der Waals surface area (Å²) in [5, 5.41) is 4.90. The van der Waals surface area contributed by atoms with E-state index in [4.69, 9.17) is 19.4 Å². The van der Waals surface area contributed by atoms with Crippen molar-refractivity contribution >= 4 is 17.0 Å². The van der Waals surface area contributed by atoms with Gasteiger partial charge in [-0.2, -0.15) is 10.1 Å². The van der Waals surface area contributed by atoms with E-state index in [9.17, 15) is 8.78 Å². The minimum atomic E-state index is -0.686. The molecule has 34 heavy (non-hydrogen) atoms. The van der Waals surface area contributed by atoms with E-state index in [0.717, 1.165) is 22.9 Å². The summed E-state index contributed by atoms with van der Waals surface area (Å²) >= 11 is 0. The van der Waals surface area contributed by atoms with E-state index in [-0.39, 0.29) is 11.7 Å². The van der Waals surface area contributed by atoms with E-state index in [0.29, 0.717) is 49.1 Å². The van der Waals surface area contributed by atoms with E-state index in [1.165, 1.54) is 12.1 Å². The van der Waals surface area contributed by atoms with E-state index < -0.39 is 11.6 Å². The van der Waals surface area contributed by atoms with Crippen LogP contribution in [-0.4, -0.2) is 51.5 Å². The highest BCUT2D eigenvalue weighted by Gasteiger charge is 2.26. The molecule has 10 heteroatoms. The van der Waals surface area contributed by atoms with Gasteiger partial charge in [-0.1, -0.05) is 0 Å². The molecule has 1 fully saturated rings. The van der Waals surface area contributed by atoms with Crippen LogP contribution in [0.3, 0.4) is 0 Å². The van der Waals surface area contributed by atoms with Gasteiger partial charge in [-0.05, 0) is 37.6 Å². The molecule has 4 heterocycles. The van der Waals surface area contributed by atoms with Crippen LogP contribution >= 0.6 is 0 Å². The maximum atomic E-state index is 14.8. The lowest BCUT2D eigenvalue weighted by Crippen LogP contribution is -2.39. The number of rotatable bonds is 5. The molecule has 0 spiro atoms. The van der Waals surface area contributed by atoms with Gasteiger partial charge in [0.1, 0.15) is 24.5 Å². The summed E-state index contributed by atoms with van der Waals surface area (Å²) in [5.74, 6) is -0.913.